The monoisotopic (exact) mass is 369 g/mol. The molecule has 5 heteroatoms. The fourth-order valence-electron chi connectivity index (χ4n) is 2.86. The number of fused-ring (bicyclic) bond motifs is 1. The lowest BCUT2D eigenvalue weighted by Gasteiger charge is -2.22. The number of hydrogen-bond acceptors (Lipinski definition) is 2. The average molecular weight is 370 g/mol. The number of amides is 1. The summed E-state index contributed by atoms with van der Waals surface area (Å²) in [5.74, 6) is -0.196. The van der Waals surface area contributed by atoms with Gasteiger partial charge in [0, 0.05) is 30.0 Å². The fourth-order valence-corrected chi connectivity index (χ4v) is 3.16. The molecule has 4 nitrogen and oxygen atoms in total. The van der Waals surface area contributed by atoms with E-state index in [1.165, 1.54) is 5.56 Å². The zero-order chi connectivity index (χ0) is 18.7. The molecule has 1 aromatic heterocycles. The summed E-state index contributed by atoms with van der Waals surface area (Å²) in [7, 11) is 2.10. The van der Waals surface area contributed by atoms with Crippen molar-refractivity contribution in [2.45, 2.75) is 33.0 Å². The average Bonchev–Trinajstić information content (AvgIpc) is 2.98. The van der Waals surface area contributed by atoms with Gasteiger partial charge in [-0.1, -0.05) is 54.1 Å². The molecule has 0 saturated carbocycles. The highest BCUT2D eigenvalue weighted by molar-refractivity contribution is 6.38. The molecule has 26 heavy (non-hydrogen) atoms. The molecule has 0 radical (unpaired) electrons. The lowest BCUT2D eigenvalue weighted by molar-refractivity contribution is 0.0946. The van der Waals surface area contributed by atoms with Crippen LogP contribution in [0.3, 0.4) is 0 Å². The van der Waals surface area contributed by atoms with Crippen LogP contribution >= 0.6 is 11.6 Å². The van der Waals surface area contributed by atoms with Crippen molar-refractivity contribution in [2.75, 3.05) is 7.05 Å². The second kappa shape index (κ2) is 7.94. The van der Waals surface area contributed by atoms with Gasteiger partial charge in [-0.2, -0.15) is 0 Å². The molecule has 0 unspecified atom stereocenters. The molecule has 1 heterocycles. The highest BCUT2D eigenvalue weighted by Gasteiger charge is 2.16. The van der Waals surface area contributed by atoms with Gasteiger partial charge in [0.25, 0.3) is 5.91 Å². The largest absolute Gasteiger partial charge is 0.349 e. The third-order valence-corrected chi connectivity index (χ3v) is 5.12. The lowest BCUT2D eigenvalue weighted by atomic mass is 10.1. The number of hydrogen-bond donors (Lipinski definition) is 2. The Balaban J connectivity index is 1.74. The third-order valence-electron chi connectivity index (χ3n) is 4.73. The van der Waals surface area contributed by atoms with Crippen LogP contribution in [0.5, 0.6) is 0 Å². The van der Waals surface area contributed by atoms with Crippen LogP contribution in [0.4, 0.5) is 0 Å². The van der Waals surface area contributed by atoms with Crippen LogP contribution in [0.2, 0.25) is 5.02 Å². The van der Waals surface area contributed by atoms with E-state index in [1.807, 2.05) is 36.4 Å². The van der Waals surface area contributed by atoms with Gasteiger partial charge in [-0.3, -0.25) is 9.69 Å². The second-order valence-electron chi connectivity index (χ2n) is 6.82. The molecule has 0 aliphatic carbocycles. The number of nitrogens with one attached hydrogen (secondary N) is 2. The van der Waals surface area contributed by atoms with Crippen LogP contribution in [-0.4, -0.2) is 28.9 Å². The number of H-pyrrole nitrogens is 1. The van der Waals surface area contributed by atoms with E-state index < -0.39 is 0 Å². The molecule has 3 aromatic rings. The summed E-state index contributed by atoms with van der Waals surface area (Å²) in [5.41, 5.74) is 3.60. The summed E-state index contributed by atoms with van der Waals surface area (Å²) in [5, 5.41) is 4.31. The van der Waals surface area contributed by atoms with Gasteiger partial charge < -0.3 is 10.3 Å². The number of para-hydroxylation sites is 1. The van der Waals surface area contributed by atoms with Crippen molar-refractivity contribution in [3.8, 4) is 0 Å². The molecule has 1 amide bonds. The lowest BCUT2D eigenvalue weighted by Crippen LogP contribution is -2.28. The van der Waals surface area contributed by atoms with Crippen LogP contribution in [0, 0.1) is 0 Å². The van der Waals surface area contributed by atoms with Gasteiger partial charge in [-0.15, -0.1) is 0 Å². The minimum atomic E-state index is -0.196. The Morgan fingerprint density at radius 2 is 1.77 bits per heavy atom. The first-order valence-corrected chi connectivity index (χ1v) is 9.16. The quantitative estimate of drug-likeness (QED) is 0.667. The Morgan fingerprint density at radius 1 is 1.12 bits per heavy atom. The van der Waals surface area contributed by atoms with Gasteiger partial charge in [0.05, 0.1) is 5.02 Å². The number of carbonyl (C=O) groups is 1. The van der Waals surface area contributed by atoms with E-state index in [9.17, 15) is 4.79 Å². The van der Waals surface area contributed by atoms with E-state index in [1.54, 1.807) is 0 Å². The molecule has 136 valence electrons. The van der Waals surface area contributed by atoms with Crippen molar-refractivity contribution < 1.29 is 4.79 Å². The van der Waals surface area contributed by atoms with Crippen molar-refractivity contribution in [3.05, 3.63) is 70.4 Å². The van der Waals surface area contributed by atoms with Crippen LogP contribution < -0.4 is 5.32 Å². The van der Waals surface area contributed by atoms with Gasteiger partial charge in [-0.25, -0.2) is 0 Å². The molecule has 0 fully saturated rings. The number of rotatable bonds is 6. The number of halogens is 1. The molecular weight excluding hydrogens is 346 g/mol. The molecule has 2 N–H and O–H groups in total. The highest BCUT2D eigenvalue weighted by atomic mass is 35.5. The minimum Gasteiger partial charge on any atom is -0.349 e. The first-order valence-electron chi connectivity index (χ1n) is 8.78. The fraction of sp³-hybridized carbons (Fsp3) is 0.286. The van der Waals surface area contributed by atoms with E-state index in [0.717, 1.165) is 23.0 Å². The van der Waals surface area contributed by atoms with Crippen molar-refractivity contribution in [1.29, 1.82) is 0 Å². The van der Waals surface area contributed by atoms with Gasteiger partial charge in [-0.05, 0) is 38.1 Å². The first-order chi connectivity index (χ1) is 12.5. The molecule has 0 saturated heterocycles. The molecule has 0 aliphatic rings. The number of carbonyl (C=O) groups excluding carboxylic acids is 1. The normalized spacial score (nSPS) is 11.5. The zero-order valence-electron chi connectivity index (χ0n) is 15.3. The maximum atomic E-state index is 12.6. The van der Waals surface area contributed by atoms with Crippen LogP contribution in [0.25, 0.3) is 10.9 Å². The Hall–Kier alpha value is -2.30. The summed E-state index contributed by atoms with van der Waals surface area (Å²) in [6.45, 7) is 5.65. The van der Waals surface area contributed by atoms with Gasteiger partial charge >= 0.3 is 0 Å². The molecule has 0 spiro atoms. The maximum absolute atomic E-state index is 12.6. The van der Waals surface area contributed by atoms with Gasteiger partial charge in [0.1, 0.15) is 5.69 Å². The Labute approximate surface area is 159 Å². The molecule has 0 bridgehead atoms. The molecular formula is C21H24ClN3O. The SMILES string of the molecule is CC(C)N(C)Cc1ccccc1CNC(=O)c1[nH]c2ccccc2c1Cl. The Bertz CT molecular complexity index is 917. The number of aromatic nitrogens is 1. The van der Waals surface area contributed by atoms with E-state index in [0.29, 0.717) is 23.3 Å². The van der Waals surface area contributed by atoms with Crippen molar-refractivity contribution in [3.63, 3.8) is 0 Å². The van der Waals surface area contributed by atoms with Crippen molar-refractivity contribution in [1.82, 2.24) is 15.2 Å². The molecule has 2 aromatic carbocycles. The van der Waals surface area contributed by atoms with Crippen LogP contribution in [0.1, 0.15) is 35.5 Å². The highest BCUT2D eigenvalue weighted by Crippen LogP contribution is 2.27. The van der Waals surface area contributed by atoms with Crippen molar-refractivity contribution >= 4 is 28.4 Å². The molecule has 0 aliphatic heterocycles. The summed E-state index contributed by atoms with van der Waals surface area (Å²) in [4.78, 5) is 18.0. The standard InChI is InChI=1S/C21H24ClN3O/c1-14(2)25(3)13-16-9-5-4-8-15(16)12-23-21(26)20-19(22)17-10-6-7-11-18(17)24-20/h4-11,14,24H,12-13H2,1-3H3,(H,23,26). The van der Waals surface area contributed by atoms with E-state index >= 15 is 0 Å². The van der Waals surface area contributed by atoms with Crippen LogP contribution in [0.15, 0.2) is 48.5 Å². The number of benzene rings is 2. The van der Waals surface area contributed by atoms with Crippen LogP contribution in [-0.2, 0) is 13.1 Å². The summed E-state index contributed by atoms with van der Waals surface area (Å²) in [6.07, 6.45) is 0. The zero-order valence-corrected chi connectivity index (χ0v) is 16.1. The minimum absolute atomic E-state index is 0.196. The first kappa shape index (κ1) is 18.5. The second-order valence-corrected chi connectivity index (χ2v) is 7.20. The smallest absolute Gasteiger partial charge is 0.269 e. The number of aromatic amines is 1. The van der Waals surface area contributed by atoms with Gasteiger partial charge in [0.15, 0.2) is 0 Å². The number of nitrogens with zero attached hydrogens (tertiary/aromatic N) is 1. The summed E-state index contributed by atoms with van der Waals surface area (Å²) >= 11 is 6.37. The van der Waals surface area contributed by atoms with E-state index in [-0.39, 0.29) is 5.91 Å². The Morgan fingerprint density at radius 3 is 2.46 bits per heavy atom. The summed E-state index contributed by atoms with van der Waals surface area (Å²) in [6, 6.07) is 16.3. The summed E-state index contributed by atoms with van der Waals surface area (Å²) < 4.78 is 0. The molecule has 0 atom stereocenters. The van der Waals surface area contributed by atoms with Gasteiger partial charge in [0.2, 0.25) is 0 Å². The van der Waals surface area contributed by atoms with Crippen molar-refractivity contribution in [2.24, 2.45) is 0 Å². The predicted octanol–water partition coefficient (Wildman–Crippen LogP) is 4.59. The third kappa shape index (κ3) is 3.92. The van der Waals surface area contributed by atoms with E-state index in [4.69, 9.17) is 11.6 Å². The molecule has 3 rings (SSSR count). The topological polar surface area (TPSA) is 48.1 Å². The Kier molecular flexibility index (Phi) is 5.64. The predicted molar refractivity (Wildman–Crippen MR) is 108 cm³/mol. The maximum Gasteiger partial charge on any atom is 0.269 e. The van der Waals surface area contributed by atoms with E-state index in [2.05, 4.69) is 48.2 Å².